The predicted molar refractivity (Wildman–Crippen MR) is 103 cm³/mol. The van der Waals surface area contributed by atoms with Crippen molar-refractivity contribution >= 4 is 28.3 Å². The van der Waals surface area contributed by atoms with Crippen molar-refractivity contribution in [1.29, 1.82) is 0 Å². The summed E-state index contributed by atoms with van der Waals surface area (Å²) in [5.41, 5.74) is -1.73. The highest BCUT2D eigenvalue weighted by Crippen LogP contribution is 2.41. The molecule has 2 aromatic carbocycles. The number of anilines is 1. The van der Waals surface area contributed by atoms with Crippen molar-refractivity contribution in [3.8, 4) is 5.75 Å². The quantitative estimate of drug-likeness (QED) is 0.308. The highest BCUT2D eigenvalue weighted by molar-refractivity contribution is 6.14. The fraction of sp³-hybridized carbons (Fsp3) is 0.273. The molecule has 1 aliphatic rings. The molecule has 10 heteroatoms. The molecule has 0 spiro atoms. The van der Waals surface area contributed by atoms with Gasteiger partial charge in [-0.15, -0.1) is 0 Å². The maximum Gasteiger partial charge on any atom is 0.291 e. The Bertz CT molecular complexity index is 1290. The van der Waals surface area contributed by atoms with E-state index in [0.29, 0.717) is 12.2 Å². The number of carbonyl (C=O) groups excluding carboxylic acids is 2. The number of ether oxygens (including phenoxy) is 1. The monoisotopic (exact) mass is 453 g/mol. The van der Waals surface area contributed by atoms with Gasteiger partial charge >= 0.3 is 0 Å². The number of rotatable bonds is 3. The van der Waals surface area contributed by atoms with E-state index in [1.807, 2.05) is 6.92 Å². The lowest BCUT2D eigenvalue weighted by atomic mass is 9.87. The topological polar surface area (TPSA) is 68.5 Å². The van der Waals surface area contributed by atoms with E-state index < -0.39 is 52.0 Å². The lowest BCUT2D eigenvalue weighted by molar-refractivity contribution is 0.0503. The molecule has 0 saturated carbocycles. The van der Waals surface area contributed by atoms with Gasteiger partial charge in [-0.2, -0.15) is 0 Å². The Hall–Kier alpha value is -3.43. The van der Waals surface area contributed by atoms with Crippen molar-refractivity contribution in [2.24, 2.45) is 0 Å². The van der Waals surface area contributed by atoms with E-state index in [1.165, 1.54) is 19.1 Å². The first-order valence-corrected chi connectivity index (χ1v) is 9.60. The Morgan fingerprint density at radius 1 is 1.06 bits per heavy atom. The van der Waals surface area contributed by atoms with Crippen LogP contribution in [0.3, 0.4) is 0 Å². The molecule has 0 fully saturated rings. The van der Waals surface area contributed by atoms with Crippen molar-refractivity contribution in [3.63, 3.8) is 0 Å². The number of nitrogens with one attached hydrogen (secondary N) is 1. The summed E-state index contributed by atoms with van der Waals surface area (Å²) in [6, 6.07) is 2.97. The van der Waals surface area contributed by atoms with Crippen LogP contribution >= 0.6 is 0 Å². The number of ketones is 1. The van der Waals surface area contributed by atoms with Crippen LogP contribution in [-0.4, -0.2) is 17.3 Å². The highest BCUT2D eigenvalue weighted by Gasteiger charge is 2.38. The van der Waals surface area contributed by atoms with Crippen LogP contribution in [0.4, 0.5) is 27.6 Å². The van der Waals surface area contributed by atoms with Crippen LogP contribution in [0.5, 0.6) is 5.75 Å². The van der Waals surface area contributed by atoms with Crippen molar-refractivity contribution in [3.05, 3.63) is 58.1 Å². The molecule has 0 radical (unpaired) electrons. The highest BCUT2D eigenvalue weighted by atomic mass is 19.2. The van der Waals surface area contributed by atoms with E-state index in [0.717, 1.165) is 0 Å². The maximum atomic E-state index is 13.9. The van der Waals surface area contributed by atoms with E-state index >= 15 is 0 Å². The second-order valence-corrected chi connectivity index (χ2v) is 7.77. The molecular weight excluding hydrogens is 437 g/mol. The molecule has 1 atom stereocenters. The number of amides is 1. The minimum atomic E-state index is -2.35. The smallest absolute Gasteiger partial charge is 0.291 e. The number of carbonyl (C=O) groups is 2. The molecular formula is C22H16F5NO4. The summed E-state index contributed by atoms with van der Waals surface area (Å²) in [6.45, 7) is 5.10. The van der Waals surface area contributed by atoms with Crippen molar-refractivity contribution in [1.82, 2.24) is 0 Å². The first-order valence-electron chi connectivity index (χ1n) is 9.60. The van der Waals surface area contributed by atoms with Crippen LogP contribution in [0.15, 0.2) is 16.5 Å². The van der Waals surface area contributed by atoms with Crippen LogP contribution in [0, 0.1) is 36.0 Å². The number of fused-ring (bicyclic) bond motifs is 3. The molecule has 3 aromatic rings. The Balaban J connectivity index is 1.80. The number of aryl methyl sites for hydroxylation is 1. The van der Waals surface area contributed by atoms with Crippen molar-refractivity contribution < 1.29 is 40.7 Å². The number of halogens is 5. The average molecular weight is 453 g/mol. The molecule has 5 nitrogen and oxygen atoms in total. The summed E-state index contributed by atoms with van der Waals surface area (Å²) in [5, 5.41) is 1.94. The van der Waals surface area contributed by atoms with Gasteiger partial charge in [0.15, 0.2) is 34.8 Å². The van der Waals surface area contributed by atoms with Crippen molar-refractivity contribution in [2.45, 2.75) is 39.2 Å². The maximum absolute atomic E-state index is 13.9. The van der Waals surface area contributed by atoms with Gasteiger partial charge in [-0.05, 0) is 32.4 Å². The second kappa shape index (κ2) is 7.32. The minimum absolute atomic E-state index is 0.0896. The number of benzene rings is 2. The fourth-order valence-corrected chi connectivity index (χ4v) is 3.71. The molecule has 0 unspecified atom stereocenters. The summed E-state index contributed by atoms with van der Waals surface area (Å²) in [5.74, 6) is -12.8. The first kappa shape index (κ1) is 21.8. The number of furan rings is 1. The van der Waals surface area contributed by atoms with Gasteiger partial charge in [-0.25, -0.2) is 22.0 Å². The first-order chi connectivity index (χ1) is 15.0. The zero-order valence-corrected chi connectivity index (χ0v) is 17.1. The van der Waals surface area contributed by atoms with Gasteiger partial charge in [-0.1, -0.05) is 6.92 Å². The lowest BCUT2D eigenvalue weighted by Gasteiger charge is -2.34. The summed E-state index contributed by atoms with van der Waals surface area (Å²) in [7, 11) is 0. The molecule has 2 heterocycles. The molecule has 4 rings (SSSR count). The molecule has 0 saturated heterocycles. The molecule has 0 aliphatic carbocycles. The Labute approximate surface area is 178 Å². The number of Topliss-reactive ketones (excluding diaryl/α,β-unsaturated/α-hetero) is 1. The SMILES string of the molecule is CC[C@@]1(C)CC(=O)c2c(ccc3oc(C(=O)Nc4c(F)c(F)c(F)c(F)c4F)c(C)c23)O1. The zero-order valence-electron chi connectivity index (χ0n) is 17.1. The third-order valence-electron chi connectivity index (χ3n) is 5.63. The van der Waals surface area contributed by atoms with Crippen LogP contribution in [-0.2, 0) is 0 Å². The normalized spacial score (nSPS) is 17.9. The summed E-state index contributed by atoms with van der Waals surface area (Å²) in [4.78, 5) is 25.5. The van der Waals surface area contributed by atoms with Gasteiger partial charge in [0.1, 0.15) is 22.6 Å². The van der Waals surface area contributed by atoms with E-state index in [4.69, 9.17) is 9.15 Å². The van der Waals surface area contributed by atoms with Gasteiger partial charge in [0, 0.05) is 10.9 Å². The summed E-state index contributed by atoms with van der Waals surface area (Å²) >= 11 is 0. The zero-order chi connectivity index (χ0) is 23.5. The Kier molecular flexibility index (Phi) is 4.98. The van der Waals surface area contributed by atoms with E-state index in [2.05, 4.69) is 0 Å². The van der Waals surface area contributed by atoms with Gasteiger partial charge in [0.05, 0.1) is 12.0 Å². The van der Waals surface area contributed by atoms with Crippen LogP contribution in [0.2, 0.25) is 0 Å². The van der Waals surface area contributed by atoms with Crippen LogP contribution < -0.4 is 10.1 Å². The summed E-state index contributed by atoms with van der Waals surface area (Å²) in [6.07, 6.45) is 0.669. The average Bonchev–Trinajstić information content (AvgIpc) is 3.10. The van der Waals surface area contributed by atoms with Gasteiger partial charge in [0.2, 0.25) is 5.82 Å². The summed E-state index contributed by atoms with van der Waals surface area (Å²) < 4.78 is 79.4. The standard InChI is InChI=1S/C22H16F5NO4/c1-4-22(3)7-9(29)13-11(32-22)6-5-10-12(13)8(2)20(31-10)21(30)28-19-17(26)15(24)14(23)16(25)18(19)27/h5-6H,4,7H2,1-3H3,(H,28,30)/t22-/m0/s1. The molecule has 1 amide bonds. The third-order valence-corrected chi connectivity index (χ3v) is 5.63. The molecule has 1 aromatic heterocycles. The van der Waals surface area contributed by atoms with E-state index in [1.54, 1.807) is 12.2 Å². The predicted octanol–water partition coefficient (Wildman–Crippen LogP) is 5.82. The van der Waals surface area contributed by atoms with Gasteiger partial charge in [0.25, 0.3) is 5.91 Å². The fourth-order valence-electron chi connectivity index (χ4n) is 3.71. The largest absolute Gasteiger partial charge is 0.486 e. The lowest BCUT2D eigenvalue weighted by Crippen LogP contribution is -2.38. The van der Waals surface area contributed by atoms with Crippen LogP contribution in [0.1, 0.15) is 53.2 Å². The molecule has 0 bridgehead atoms. The molecule has 1 aliphatic heterocycles. The Morgan fingerprint density at radius 3 is 2.25 bits per heavy atom. The van der Waals surface area contributed by atoms with Gasteiger partial charge in [-0.3, -0.25) is 9.59 Å². The minimum Gasteiger partial charge on any atom is -0.486 e. The molecule has 168 valence electrons. The number of hydrogen-bond donors (Lipinski definition) is 1. The van der Waals surface area contributed by atoms with Crippen LogP contribution in [0.25, 0.3) is 11.0 Å². The van der Waals surface area contributed by atoms with Gasteiger partial charge < -0.3 is 14.5 Å². The third kappa shape index (κ3) is 3.12. The molecule has 1 N–H and O–H groups in total. The van der Waals surface area contributed by atoms with E-state index in [-0.39, 0.29) is 34.3 Å². The van der Waals surface area contributed by atoms with Crippen molar-refractivity contribution in [2.75, 3.05) is 5.32 Å². The van der Waals surface area contributed by atoms with E-state index in [9.17, 15) is 31.5 Å². The molecule has 32 heavy (non-hydrogen) atoms. The Morgan fingerprint density at radius 2 is 1.66 bits per heavy atom. The number of hydrogen-bond acceptors (Lipinski definition) is 4. The second-order valence-electron chi connectivity index (χ2n) is 7.77.